The Morgan fingerprint density at radius 2 is 1.62 bits per heavy atom. The van der Waals surface area contributed by atoms with Gasteiger partial charge in [0, 0.05) is 24.7 Å². The van der Waals surface area contributed by atoms with Crippen LogP contribution in [0.4, 0.5) is 0 Å². The second-order valence-electron chi connectivity index (χ2n) is 8.22. The molecule has 0 aliphatic carbocycles. The van der Waals surface area contributed by atoms with Crippen LogP contribution in [0.5, 0.6) is 5.75 Å². The molecular formula is C27H24N4O3. The summed E-state index contributed by atoms with van der Waals surface area (Å²) >= 11 is 0. The Morgan fingerprint density at radius 3 is 2.29 bits per heavy atom. The van der Waals surface area contributed by atoms with E-state index in [1.165, 1.54) is 0 Å². The number of aromatic nitrogens is 2. The molecule has 0 fully saturated rings. The number of para-hydroxylation sites is 1. The first-order chi connectivity index (χ1) is 16.5. The Balaban J connectivity index is 1.60. The van der Waals surface area contributed by atoms with Crippen molar-refractivity contribution in [2.45, 2.75) is 19.0 Å². The molecule has 34 heavy (non-hydrogen) atoms. The maximum atomic E-state index is 13.9. The highest BCUT2D eigenvalue weighted by Crippen LogP contribution is 2.30. The molecule has 2 heterocycles. The van der Waals surface area contributed by atoms with Crippen molar-refractivity contribution in [1.82, 2.24) is 14.7 Å². The summed E-state index contributed by atoms with van der Waals surface area (Å²) in [5, 5.41) is 4.75. The van der Waals surface area contributed by atoms with Crippen LogP contribution in [0.3, 0.4) is 0 Å². The van der Waals surface area contributed by atoms with E-state index in [1.54, 1.807) is 22.9 Å². The number of methoxy groups -OCH3 is 1. The number of rotatable bonds is 5. The first-order valence-electron chi connectivity index (χ1n) is 11.0. The van der Waals surface area contributed by atoms with E-state index in [9.17, 15) is 9.59 Å². The molecule has 7 nitrogen and oxygen atoms in total. The molecule has 1 aromatic heterocycles. The summed E-state index contributed by atoms with van der Waals surface area (Å²) in [6, 6.07) is 24.1. The van der Waals surface area contributed by atoms with Gasteiger partial charge in [-0.15, -0.1) is 0 Å². The van der Waals surface area contributed by atoms with Crippen LogP contribution < -0.4 is 10.5 Å². The standard InChI is InChI=1S/C27H24N4O3/c1-34-22-13-11-18(12-14-22)25-23(17-31(29-25)21-9-3-2-4-10-21)27(33)30-16-20-8-6-5-7-19(20)15-24(30)26(28)32/h2-14,17,24H,15-16H2,1H3,(H2,28,32)/t24-/m1/s1. The molecule has 170 valence electrons. The van der Waals surface area contributed by atoms with E-state index in [0.29, 0.717) is 30.0 Å². The van der Waals surface area contributed by atoms with Crippen molar-refractivity contribution in [3.8, 4) is 22.7 Å². The molecule has 2 amide bonds. The number of hydrogen-bond donors (Lipinski definition) is 1. The fraction of sp³-hybridized carbons (Fsp3) is 0.148. The number of nitrogens with zero attached hydrogens (tertiary/aromatic N) is 3. The molecular weight excluding hydrogens is 428 g/mol. The predicted molar refractivity (Wildman–Crippen MR) is 129 cm³/mol. The summed E-state index contributed by atoms with van der Waals surface area (Å²) in [5.41, 5.74) is 10.3. The second-order valence-corrected chi connectivity index (χ2v) is 8.22. The summed E-state index contributed by atoms with van der Waals surface area (Å²) in [6.45, 7) is 0.307. The van der Waals surface area contributed by atoms with Crippen molar-refractivity contribution in [3.05, 3.63) is 102 Å². The number of benzene rings is 3. The minimum absolute atomic E-state index is 0.286. The van der Waals surface area contributed by atoms with Gasteiger partial charge in [-0.2, -0.15) is 5.10 Å². The molecule has 0 saturated carbocycles. The highest BCUT2D eigenvalue weighted by molar-refractivity contribution is 6.02. The SMILES string of the molecule is COc1ccc(-c2nn(-c3ccccc3)cc2C(=O)N2Cc3ccccc3C[C@@H]2C(N)=O)cc1. The zero-order chi connectivity index (χ0) is 23.7. The topological polar surface area (TPSA) is 90.5 Å². The minimum Gasteiger partial charge on any atom is -0.497 e. The summed E-state index contributed by atoms with van der Waals surface area (Å²) in [5.74, 6) is -0.101. The molecule has 4 aromatic rings. The zero-order valence-electron chi connectivity index (χ0n) is 18.7. The number of ether oxygens (including phenoxy) is 1. The number of amides is 2. The van der Waals surface area contributed by atoms with Crippen molar-refractivity contribution in [3.63, 3.8) is 0 Å². The molecule has 0 bridgehead atoms. The fourth-order valence-corrected chi connectivity index (χ4v) is 4.35. The average molecular weight is 453 g/mol. The van der Waals surface area contributed by atoms with Crippen LogP contribution in [0.2, 0.25) is 0 Å². The maximum Gasteiger partial charge on any atom is 0.258 e. The van der Waals surface area contributed by atoms with Gasteiger partial charge in [0.2, 0.25) is 5.91 Å². The number of carbonyl (C=O) groups is 2. The maximum absolute atomic E-state index is 13.9. The molecule has 1 atom stereocenters. The van der Waals surface area contributed by atoms with Crippen molar-refractivity contribution in [2.75, 3.05) is 7.11 Å². The number of nitrogens with two attached hydrogens (primary N) is 1. The molecule has 1 aliphatic heterocycles. The van der Waals surface area contributed by atoms with E-state index < -0.39 is 11.9 Å². The summed E-state index contributed by atoms with van der Waals surface area (Å²) < 4.78 is 6.96. The highest BCUT2D eigenvalue weighted by Gasteiger charge is 2.35. The molecule has 2 N–H and O–H groups in total. The minimum atomic E-state index is -0.730. The van der Waals surface area contributed by atoms with Gasteiger partial charge in [-0.05, 0) is 47.5 Å². The normalized spacial score (nSPS) is 15.0. The molecule has 7 heteroatoms. The molecule has 0 spiro atoms. The van der Waals surface area contributed by atoms with Gasteiger partial charge in [0.15, 0.2) is 0 Å². The molecule has 1 aliphatic rings. The Kier molecular flexibility index (Phi) is 5.59. The average Bonchev–Trinajstić information content (AvgIpc) is 3.33. The van der Waals surface area contributed by atoms with Crippen LogP contribution in [0.15, 0.2) is 85.1 Å². The van der Waals surface area contributed by atoms with Crippen molar-refractivity contribution < 1.29 is 14.3 Å². The van der Waals surface area contributed by atoms with Gasteiger partial charge < -0.3 is 15.4 Å². The second kappa shape index (κ2) is 8.86. The molecule has 5 rings (SSSR count). The Labute approximate surface area is 197 Å². The van der Waals surface area contributed by atoms with E-state index in [2.05, 4.69) is 0 Å². The van der Waals surface area contributed by atoms with E-state index in [1.807, 2.05) is 78.9 Å². The fourth-order valence-electron chi connectivity index (χ4n) is 4.35. The van der Waals surface area contributed by atoms with Crippen molar-refractivity contribution >= 4 is 11.8 Å². The zero-order valence-corrected chi connectivity index (χ0v) is 18.7. The third kappa shape index (κ3) is 3.92. The lowest BCUT2D eigenvalue weighted by Crippen LogP contribution is -2.51. The largest absolute Gasteiger partial charge is 0.497 e. The van der Waals surface area contributed by atoms with Gasteiger partial charge in [0.1, 0.15) is 17.5 Å². The number of carbonyl (C=O) groups excluding carboxylic acids is 2. The Morgan fingerprint density at radius 1 is 0.941 bits per heavy atom. The highest BCUT2D eigenvalue weighted by atomic mass is 16.5. The van der Waals surface area contributed by atoms with E-state index in [0.717, 1.165) is 22.4 Å². The van der Waals surface area contributed by atoms with E-state index >= 15 is 0 Å². The Hall–Kier alpha value is -4.39. The quantitative estimate of drug-likeness (QED) is 0.501. The van der Waals surface area contributed by atoms with Gasteiger partial charge in [-0.3, -0.25) is 9.59 Å². The first kappa shape index (κ1) is 21.5. The molecule has 3 aromatic carbocycles. The van der Waals surface area contributed by atoms with E-state index in [-0.39, 0.29) is 5.91 Å². The van der Waals surface area contributed by atoms with Crippen molar-refractivity contribution in [1.29, 1.82) is 0 Å². The summed E-state index contributed by atoms with van der Waals surface area (Å²) in [4.78, 5) is 27.8. The molecule has 0 radical (unpaired) electrons. The van der Waals surface area contributed by atoms with Gasteiger partial charge >= 0.3 is 0 Å². The van der Waals surface area contributed by atoms with Gasteiger partial charge in [0.25, 0.3) is 5.91 Å². The number of fused-ring (bicyclic) bond motifs is 1. The summed E-state index contributed by atoms with van der Waals surface area (Å²) in [6.07, 6.45) is 2.11. The van der Waals surface area contributed by atoms with Crippen LogP contribution in [0.1, 0.15) is 21.5 Å². The van der Waals surface area contributed by atoms with Gasteiger partial charge in [-0.25, -0.2) is 4.68 Å². The monoisotopic (exact) mass is 452 g/mol. The van der Waals surface area contributed by atoms with Crippen molar-refractivity contribution in [2.24, 2.45) is 5.73 Å². The van der Waals surface area contributed by atoms with Crippen LogP contribution in [0, 0.1) is 0 Å². The van der Waals surface area contributed by atoms with Crippen LogP contribution in [0.25, 0.3) is 16.9 Å². The third-order valence-corrected chi connectivity index (χ3v) is 6.17. The van der Waals surface area contributed by atoms with Crippen LogP contribution in [-0.4, -0.2) is 39.6 Å². The lowest BCUT2D eigenvalue weighted by atomic mass is 9.92. The lowest BCUT2D eigenvalue weighted by molar-refractivity contribution is -0.122. The van der Waals surface area contributed by atoms with Crippen LogP contribution in [-0.2, 0) is 17.8 Å². The molecule has 0 saturated heterocycles. The number of hydrogen-bond acceptors (Lipinski definition) is 4. The summed E-state index contributed by atoms with van der Waals surface area (Å²) in [7, 11) is 1.60. The Bertz CT molecular complexity index is 1350. The van der Waals surface area contributed by atoms with Gasteiger partial charge in [0.05, 0.1) is 18.4 Å². The van der Waals surface area contributed by atoms with Crippen LogP contribution >= 0.6 is 0 Å². The van der Waals surface area contributed by atoms with E-state index in [4.69, 9.17) is 15.6 Å². The third-order valence-electron chi connectivity index (χ3n) is 6.17. The molecule has 0 unspecified atom stereocenters. The smallest absolute Gasteiger partial charge is 0.258 e. The van der Waals surface area contributed by atoms with Gasteiger partial charge in [-0.1, -0.05) is 42.5 Å². The predicted octanol–water partition coefficient (Wildman–Crippen LogP) is 3.60. The lowest BCUT2D eigenvalue weighted by Gasteiger charge is -2.35. The first-order valence-corrected chi connectivity index (χ1v) is 11.0. The number of primary amides is 1.